The number of amides is 2. The number of hydrogen-bond donors (Lipinski definition) is 2. The molecule has 1 fully saturated rings. The van der Waals surface area contributed by atoms with Crippen molar-refractivity contribution in [2.75, 3.05) is 19.6 Å². The molecule has 0 spiro atoms. The van der Waals surface area contributed by atoms with Gasteiger partial charge in [-0.05, 0) is 48.6 Å². The van der Waals surface area contributed by atoms with Crippen LogP contribution in [0.5, 0.6) is 0 Å². The van der Waals surface area contributed by atoms with Crippen LogP contribution in [0.25, 0.3) is 0 Å². The Balaban J connectivity index is 1.39. The maximum Gasteiger partial charge on any atom is 0.251 e. The lowest BCUT2D eigenvalue weighted by Gasteiger charge is -2.30. The smallest absolute Gasteiger partial charge is 0.251 e. The summed E-state index contributed by atoms with van der Waals surface area (Å²) in [4.78, 5) is 26.4. The molecule has 0 bridgehead atoms. The molecule has 5 nitrogen and oxygen atoms in total. The van der Waals surface area contributed by atoms with Crippen LogP contribution < -0.4 is 10.6 Å². The van der Waals surface area contributed by atoms with Crippen LogP contribution in [0.15, 0.2) is 54.6 Å². The van der Waals surface area contributed by atoms with Crippen LogP contribution in [0, 0.1) is 5.92 Å². The summed E-state index contributed by atoms with van der Waals surface area (Å²) >= 11 is 0. The first-order chi connectivity index (χ1) is 13.6. The van der Waals surface area contributed by atoms with Gasteiger partial charge in [0.05, 0.1) is 6.54 Å². The van der Waals surface area contributed by atoms with Gasteiger partial charge in [0.2, 0.25) is 5.91 Å². The Morgan fingerprint density at radius 3 is 2.43 bits per heavy atom. The van der Waals surface area contributed by atoms with E-state index in [1.807, 2.05) is 6.07 Å². The normalized spacial score (nSPS) is 17.1. The van der Waals surface area contributed by atoms with E-state index in [4.69, 9.17) is 0 Å². The summed E-state index contributed by atoms with van der Waals surface area (Å²) in [7, 11) is 0. The van der Waals surface area contributed by atoms with Crippen LogP contribution in [-0.4, -0.2) is 36.3 Å². The fraction of sp³-hybridized carbons (Fsp3) is 0.391. The fourth-order valence-electron chi connectivity index (χ4n) is 3.57. The van der Waals surface area contributed by atoms with Gasteiger partial charge < -0.3 is 10.6 Å². The van der Waals surface area contributed by atoms with Gasteiger partial charge in [-0.25, -0.2) is 0 Å². The molecule has 1 aliphatic heterocycles. The van der Waals surface area contributed by atoms with Crippen molar-refractivity contribution in [1.29, 1.82) is 0 Å². The van der Waals surface area contributed by atoms with E-state index in [1.54, 1.807) is 24.3 Å². The predicted octanol–water partition coefficient (Wildman–Crippen LogP) is 2.96. The number of rotatable bonds is 7. The van der Waals surface area contributed by atoms with Gasteiger partial charge in [-0.1, -0.05) is 49.4 Å². The Kier molecular flexibility index (Phi) is 7.20. The van der Waals surface area contributed by atoms with Crippen molar-refractivity contribution < 1.29 is 9.59 Å². The average molecular weight is 380 g/mol. The molecule has 3 rings (SSSR count). The molecule has 1 unspecified atom stereocenters. The quantitative estimate of drug-likeness (QED) is 0.778. The molecule has 1 aliphatic rings. The highest BCUT2D eigenvalue weighted by molar-refractivity contribution is 5.96. The van der Waals surface area contributed by atoms with E-state index in [-0.39, 0.29) is 18.4 Å². The first-order valence-corrected chi connectivity index (χ1v) is 10.0. The number of piperidine rings is 1. The Morgan fingerprint density at radius 1 is 1.00 bits per heavy atom. The summed E-state index contributed by atoms with van der Waals surface area (Å²) < 4.78 is 0. The van der Waals surface area contributed by atoms with Gasteiger partial charge in [-0.15, -0.1) is 0 Å². The van der Waals surface area contributed by atoms with Gasteiger partial charge in [-0.3, -0.25) is 14.5 Å². The van der Waals surface area contributed by atoms with Crippen molar-refractivity contribution in [2.45, 2.75) is 32.9 Å². The third-order valence-electron chi connectivity index (χ3n) is 5.11. The predicted molar refractivity (Wildman–Crippen MR) is 111 cm³/mol. The maximum absolute atomic E-state index is 12.0. The van der Waals surface area contributed by atoms with E-state index in [9.17, 15) is 9.59 Å². The zero-order valence-electron chi connectivity index (χ0n) is 16.5. The molecule has 148 valence electrons. The van der Waals surface area contributed by atoms with Crippen molar-refractivity contribution in [3.63, 3.8) is 0 Å². The number of nitrogens with zero attached hydrogens (tertiary/aromatic N) is 1. The van der Waals surface area contributed by atoms with Gasteiger partial charge >= 0.3 is 0 Å². The molecule has 0 aromatic heterocycles. The minimum atomic E-state index is -0.243. The molecule has 1 saturated heterocycles. The number of benzene rings is 2. The Hall–Kier alpha value is -2.66. The number of hydrogen-bond acceptors (Lipinski definition) is 3. The van der Waals surface area contributed by atoms with Crippen LogP contribution >= 0.6 is 0 Å². The zero-order chi connectivity index (χ0) is 19.8. The van der Waals surface area contributed by atoms with Gasteiger partial charge in [0, 0.05) is 25.2 Å². The molecule has 5 heteroatoms. The van der Waals surface area contributed by atoms with E-state index in [0.717, 1.165) is 18.0 Å². The highest BCUT2D eigenvalue weighted by Crippen LogP contribution is 2.18. The largest absolute Gasteiger partial charge is 0.350 e. The summed E-state index contributed by atoms with van der Waals surface area (Å²) in [6.07, 6.45) is 2.62. The van der Waals surface area contributed by atoms with Gasteiger partial charge in [0.25, 0.3) is 5.91 Å². The first kappa shape index (κ1) is 20.1. The van der Waals surface area contributed by atoms with Crippen molar-refractivity contribution in [2.24, 2.45) is 5.92 Å². The van der Waals surface area contributed by atoms with Crippen molar-refractivity contribution in [1.82, 2.24) is 15.5 Å². The standard InChI is InChI=1S/C23H29N3O2/c1-18-6-5-13-26(16-18)17-20-11-9-19(10-12-20)14-24-22(27)15-25-23(28)21-7-3-2-4-8-21/h2-4,7-12,18H,5-6,13-17H2,1H3,(H,24,27)(H,25,28). The van der Waals surface area contributed by atoms with E-state index >= 15 is 0 Å². The topological polar surface area (TPSA) is 61.4 Å². The summed E-state index contributed by atoms with van der Waals surface area (Å²) in [5.41, 5.74) is 2.91. The van der Waals surface area contributed by atoms with Gasteiger partial charge in [0.15, 0.2) is 0 Å². The van der Waals surface area contributed by atoms with E-state index < -0.39 is 0 Å². The molecule has 2 aromatic rings. The van der Waals surface area contributed by atoms with E-state index in [1.165, 1.54) is 31.5 Å². The summed E-state index contributed by atoms with van der Waals surface area (Å²) in [6.45, 7) is 6.09. The number of nitrogens with one attached hydrogen (secondary N) is 2. The molecule has 2 N–H and O–H groups in total. The van der Waals surface area contributed by atoms with Crippen LogP contribution in [-0.2, 0) is 17.9 Å². The number of carbonyl (C=O) groups is 2. The average Bonchev–Trinajstić information content (AvgIpc) is 2.72. The molecule has 0 radical (unpaired) electrons. The second-order valence-electron chi connectivity index (χ2n) is 7.62. The van der Waals surface area contributed by atoms with E-state index in [0.29, 0.717) is 12.1 Å². The van der Waals surface area contributed by atoms with Crippen molar-refractivity contribution in [3.8, 4) is 0 Å². The summed E-state index contributed by atoms with van der Waals surface area (Å²) in [5.74, 6) is 0.341. The molecular formula is C23H29N3O2. The second-order valence-corrected chi connectivity index (χ2v) is 7.62. The third kappa shape index (κ3) is 6.20. The van der Waals surface area contributed by atoms with Crippen LogP contribution in [0.1, 0.15) is 41.3 Å². The van der Waals surface area contributed by atoms with E-state index in [2.05, 4.69) is 46.7 Å². The second kappa shape index (κ2) is 10.0. The summed E-state index contributed by atoms with van der Waals surface area (Å²) in [5, 5.41) is 5.48. The molecule has 2 amide bonds. The lowest BCUT2D eigenvalue weighted by Crippen LogP contribution is -2.36. The Labute approximate surface area is 167 Å². The lowest BCUT2D eigenvalue weighted by molar-refractivity contribution is -0.120. The molecular weight excluding hydrogens is 350 g/mol. The molecule has 2 aromatic carbocycles. The molecule has 1 heterocycles. The lowest BCUT2D eigenvalue weighted by atomic mass is 9.99. The molecule has 28 heavy (non-hydrogen) atoms. The molecule has 1 atom stereocenters. The highest BCUT2D eigenvalue weighted by Gasteiger charge is 2.16. The summed E-state index contributed by atoms with van der Waals surface area (Å²) in [6, 6.07) is 17.3. The number of likely N-dealkylation sites (tertiary alicyclic amines) is 1. The minimum Gasteiger partial charge on any atom is -0.350 e. The van der Waals surface area contributed by atoms with Crippen LogP contribution in [0.4, 0.5) is 0 Å². The Bertz CT molecular complexity index is 774. The maximum atomic E-state index is 12.0. The van der Waals surface area contributed by atoms with Crippen molar-refractivity contribution in [3.05, 3.63) is 71.3 Å². The zero-order valence-corrected chi connectivity index (χ0v) is 16.5. The molecule has 0 saturated carbocycles. The van der Waals surface area contributed by atoms with Crippen molar-refractivity contribution >= 4 is 11.8 Å². The minimum absolute atomic E-state index is 0.0288. The third-order valence-corrected chi connectivity index (χ3v) is 5.11. The fourth-order valence-corrected chi connectivity index (χ4v) is 3.57. The van der Waals surface area contributed by atoms with Gasteiger partial charge in [-0.2, -0.15) is 0 Å². The van der Waals surface area contributed by atoms with Crippen LogP contribution in [0.3, 0.4) is 0 Å². The number of carbonyl (C=O) groups excluding carboxylic acids is 2. The SMILES string of the molecule is CC1CCCN(Cc2ccc(CNC(=O)CNC(=O)c3ccccc3)cc2)C1. The van der Waals surface area contributed by atoms with Crippen LogP contribution in [0.2, 0.25) is 0 Å². The van der Waals surface area contributed by atoms with Gasteiger partial charge in [0.1, 0.15) is 0 Å². The molecule has 0 aliphatic carbocycles. The highest BCUT2D eigenvalue weighted by atomic mass is 16.2. The Morgan fingerprint density at radius 2 is 1.71 bits per heavy atom. The first-order valence-electron chi connectivity index (χ1n) is 10.0. The monoisotopic (exact) mass is 379 g/mol.